The lowest BCUT2D eigenvalue weighted by Gasteiger charge is -2.15. The van der Waals surface area contributed by atoms with Crippen molar-refractivity contribution in [3.8, 4) is 11.3 Å². The molecule has 0 unspecified atom stereocenters. The molecule has 1 aromatic carbocycles. The molecule has 2 aromatic rings. The van der Waals surface area contributed by atoms with Gasteiger partial charge in [-0.25, -0.2) is 0 Å². The molecule has 0 saturated heterocycles. The number of carbonyl (C=O) groups is 1. The molecule has 0 atom stereocenters. The van der Waals surface area contributed by atoms with Crippen LogP contribution in [0.5, 0.6) is 0 Å². The second-order valence-corrected chi connectivity index (χ2v) is 5.06. The van der Waals surface area contributed by atoms with Gasteiger partial charge in [0, 0.05) is 12.1 Å². The van der Waals surface area contributed by atoms with E-state index in [1.165, 1.54) is 6.92 Å². The van der Waals surface area contributed by atoms with Crippen LogP contribution < -0.4 is 5.56 Å². The molecule has 0 spiro atoms. The van der Waals surface area contributed by atoms with Crippen molar-refractivity contribution in [1.29, 1.82) is 0 Å². The SMILES string of the molecule is CCn1c(-c2cc(C)ccc2C)ccc(C(C)=O)c1=O. The fourth-order valence-electron chi connectivity index (χ4n) is 2.41. The van der Waals surface area contributed by atoms with E-state index in [2.05, 4.69) is 12.1 Å². The molecule has 3 heteroatoms. The second kappa shape index (κ2) is 5.45. The molecule has 0 radical (unpaired) electrons. The highest BCUT2D eigenvalue weighted by atomic mass is 16.1. The van der Waals surface area contributed by atoms with E-state index >= 15 is 0 Å². The molecule has 0 aliphatic rings. The van der Waals surface area contributed by atoms with Crippen molar-refractivity contribution in [2.24, 2.45) is 0 Å². The fraction of sp³-hybridized carbons (Fsp3) is 0.294. The summed E-state index contributed by atoms with van der Waals surface area (Å²) in [4.78, 5) is 23.9. The Labute approximate surface area is 118 Å². The number of benzene rings is 1. The molecule has 0 saturated carbocycles. The maximum atomic E-state index is 12.4. The number of ketones is 1. The van der Waals surface area contributed by atoms with Gasteiger partial charge in [0.2, 0.25) is 0 Å². The molecule has 1 heterocycles. The van der Waals surface area contributed by atoms with Crippen LogP contribution in [0.25, 0.3) is 11.3 Å². The molecule has 3 nitrogen and oxygen atoms in total. The van der Waals surface area contributed by atoms with Crippen molar-refractivity contribution in [1.82, 2.24) is 4.57 Å². The van der Waals surface area contributed by atoms with Crippen molar-refractivity contribution in [2.75, 3.05) is 0 Å². The highest BCUT2D eigenvalue weighted by molar-refractivity contribution is 5.94. The van der Waals surface area contributed by atoms with Crippen molar-refractivity contribution < 1.29 is 4.79 Å². The normalized spacial score (nSPS) is 10.6. The number of hydrogen-bond acceptors (Lipinski definition) is 2. The molecule has 0 fully saturated rings. The number of Topliss-reactive ketones (excluding diaryl/α,β-unsaturated/α-hetero) is 1. The monoisotopic (exact) mass is 269 g/mol. The average molecular weight is 269 g/mol. The zero-order valence-electron chi connectivity index (χ0n) is 12.4. The van der Waals surface area contributed by atoms with E-state index in [-0.39, 0.29) is 16.9 Å². The minimum atomic E-state index is -0.210. The van der Waals surface area contributed by atoms with Gasteiger partial charge in [-0.1, -0.05) is 17.7 Å². The summed E-state index contributed by atoms with van der Waals surface area (Å²) in [6.45, 7) is 7.94. The number of carbonyl (C=O) groups excluding carboxylic acids is 1. The molecular weight excluding hydrogens is 250 g/mol. The minimum absolute atomic E-state index is 0.190. The Bertz CT molecular complexity index is 726. The van der Waals surface area contributed by atoms with E-state index in [4.69, 9.17) is 0 Å². The van der Waals surface area contributed by atoms with E-state index < -0.39 is 0 Å². The molecule has 0 amide bonds. The highest BCUT2D eigenvalue weighted by Gasteiger charge is 2.13. The van der Waals surface area contributed by atoms with Gasteiger partial charge in [0.25, 0.3) is 5.56 Å². The van der Waals surface area contributed by atoms with Crippen molar-refractivity contribution >= 4 is 5.78 Å². The molecule has 0 N–H and O–H groups in total. The quantitative estimate of drug-likeness (QED) is 0.801. The van der Waals surface area contributed by atoms with Gasteiger partial charge in [-0.05, 0) is 51.5 Å². The lowest BCUT2D eigenvalue weighted by molar-refractivity contribution is 0.101. The van der Waals surface area contributed by atoms with E-state index in [1.807, 2.05) is 32.9 Å². The summed E-state index contributed by atoms with van der Waals surface area (Å²) in [5.41, 5.74) is 4.21. The summed E-state index contributed by atoms with van der Waals surface area (Å²) in [7, 11) is 0. The molecule has 104 valence electrons. The van der Waals surface area contributed by atoms with Gasteiger partial charge in [0.05, 0.1) is 11.3 Å². The first-order valence-electron chi connectivity index (χ1n) is 6.78. The standard InChI is InChI=1S/C17H19NO2/c1-5-18-16(9-8-14(13(4)19)17(18)20)15-10-11(2)6-7-12(15)3/h6-10H,5H2,1-4H3. The topological polar surface area (TPSA) is 39.1 Å². The summed E-state index contributed by atoms with van der Waals surface area (Å²) >= 11 is 0. The number of pyridine rings is 1. The molecule has 20 heavy (non-hydrogen) atoms. The number of aryl methyl sites for hydroxylation is 2. The maximum absolute atomic E-state index is 12.4. The summed E-state index contributed by atoms with van der Waals surface area (Å²) in [6.07, 6.45) is 0. The third kappa shape index (κ3) is 2.44. The van der Waals surface area contributed by atoms with Crippen LogP contribution in [0.1, 0.15) is 35.3 Å². The third-order valence-electron chi connectivity index (χ3n) is 3.54. The number of nitrogens with zero attached hydrogens (tertiary/aromatic N) is 1. The van der Waals surface area contributed by atoms with E-state index in [1.54, 1.807) is 10.6 Å². The zero-order valence-corrected chi connectivity index (χ0v) is 12.4. The van der Waals surface area contributed by atoms with Crippen molar-refractivity contribution in [2.45, 2.75) is 34.2 Å². The van der Waals surface area contributed by atoms with Crippen LogP contribution in [-0.4, -0.2) is 10.4 Å². The lowest BCUT2D eigenvalue weighted by Crippen LogP contribution is -2.26. The van der Waals surface area contributed by atoms with Crippen LogP contribution >= 0.6 is 0 Å². The summed E-state index contributed by atoms with van der Waals surface area (Å²) in [6, 6.07) is 9.67. The number of hydrogen-bond donors (Lipinski definition) is 0. The molecule has 1 aromatic heterocycles. The largest absolute Gasteiger partial charge is 0.308 e. The minimum Gasteiger partial charge on any atom is -0.308 e. The smallest absolute Gasteiger partial charge is 0.261 e. The zero-order chi connectivity index (χ0) is 14.9. The first kappa shape index (κ1) is 14.3. The molecular formula is C17H19NO2. The Morgan fingerprint density at radius 2 is 1.85 bits per heavy atom. The van der Waals surface area contributed by atoms with Gasteiger partial charge < -0.3 is 4.57 Å². The van der Waals surface area contributed by atoms with Gasteiger partial charge in [-0.2, -0.15) is 0 Å². The van der Waals surface area contributed by atoms with Crippen LogP contribution in [-0.2, 0) is 6.54 Å². The maximum Gasteiger partial charge on any atom is 0.261 e. The van der Waals surface area contributed by atoms with Gasteiger partial charge in [-0.15, -0.1) is 0 Å². The van der Waals surface area contributed by atoms with Gasteiger partial charge in [0.1, 0.15) is 0 Å². The van der Waals surface area contributed by atoms with Crippen LogP contribution in [0, 0.1) is 13.8 Å². The lowest BCUT2D eigenvalue weighted by atomic mass is 10.0. The van der Waals surface area contributed by atoms with Gasteiger partial charge in [0.15, 0.2) is 5.78 Å². The first-order chi connectivity index (χ1) is 9.45. The molecule has 0 aliphatic carbocycles. The fourth-order valence-corrected chi connectivity index (χ4v) is 2.41. The van der Waals surface area contributed by atoms with Crippen LogP contribution in [0.2, 0.25) is 0 Å². The van der Waals surface area contributed by atoms with Crippen LogP contribution in [0.15, 0.2) is 35.1 Å². The van der Waals surface area contributed by atoms with Gasteiger partial charge >= 0.3 is 0 Å². The average Bonchev–Trinajstić information content (AvgIpc) is 2.40. The molecule has 0 aliphatic heterocycles. The second-order valence-electron chi connectivity index (χ2n) is 5.06. The molecule has 2 rings (SSSR count). The summed E-state index contributed by atoms with van der Waals surface area (Å²) < 4.78 is 1.67. The van der Waals surface area contributed by atoms with Gasteiger partial charge in [-0.3, -0.25) is 9.59 Å². The Morgan fingerprint density at radius 3 is 2.45 bits per heavy atom. The van der Waals surface area contributed by atoms with Crippen LogP contribution in [0.3, 0.4) is 0 Å². The summed E-state index contributed by atoms with van der Waals surface area (Å²) in [5, 5.41) is 0. The molecule has 0 bridgehead atoms. The Balaban J connectivity index is 2.75. The van der Waals surface area contributed by atoms with Crippen molar-refractivity contribution in [3.05, 3.63) is 57.4 Å². The third-order valence-corrected chi connectivity index (χ3v) is 3.54. The van der Waals surface area contributed by atoms with E-state index in [9.17, 15) is 9.59 Å². The summed E-state index contributed by atoms with van der Waals surface area (Å²) in [5.74, 6) is -0.190. The Hall–Kier alpha value is -2.16. The number of rotatable bonds is 3. The van der Waals surface area contributed by atoms with E-state index in [0.717, 1.165) is 22.4 Å². The predicted octanol–water partition coefficient (Wildman–Crippen LogP) is 3.35. The van der Waals surface area contributed by atoms with Crippen LogP contribution in [0.4, 0.5) is 0 Å². The Morgan fingerprint density at radius 1 is 1.15 bits per heavy atom. The number of aromatic nitrogens is 1. The van der Waals surface area contributed by atoms with Crippen molar-refractivity contribution in [3.63, 3.8) is 0 Å². The first-order valence-corrected chi connectivity index (χ1v) is 6.78. The Kier molecular flexibility index (Phi) is 3.89. The highest BCUT2D eigenvalue weighted by Crippen LogP contribution is 2.24. The predicted molar refractivity (Wildman–Crippen MR) is 81.3 cm³/mol. The van der Waals surface area contributed by atoms with E-state index in [0.29, 0.717) is 6.54 Å².